The Morgan fingerprint density at radius 2 is 1.88 bits per heavy atom. The van der Waals surface area contributed by atoms with E-state index in [0.717, 1.165) is 12.0 Å². The largest absolute Gasteiger partial charge is 0.497 e. The van der Waals surface area contributed by atoms with E-state index in [4.69, 9.17) is 23.5 Å². The van der Waals surface area contributed by atoms with Gasteiger partial charge in [-0.2, -0.15) is 0 Å². The van der Waals surface area contributed by atoms with Crippen molar-refractivity contribution in [3.8, 4) is 11.5 Å². The Kier molecular flexibility index (Phi) is 6.06. The highest BCUT2D eigenvalue weighted by Gasteiger charge is 2.68. The average molecular weight is 458 g/mol. The molecule has 0 radical (unpaired) electrons. The summed E-state index contributed by atoms with van der Waals surface area (Å²) in [5, 5.41) is 0. The van der Waals surface area contributed by atoms with Crippen LogP contribution in [-0.2, 0) is 20.5 Å². The number of methoxy groups -OCH3 is 2. The summed E-state index contributed by atoms with van der Waals surface area (Å²) in [4.78, 5) is 12.9. The second kappa shape index (κ2) is 8.19. The van der Waals surface area contributed by atoms with E-state index in [-0.39, 0.29) is 24.6 Å². The SMILES string of the molecule is COc1cc(C[C@@H](C)B2OC3CC4C[C@@H](C4(C)C)[C@]3(C)O2)c(OC)c(C(=O)OC(C)(C)C)c1. The van der Waals surface area contributed by atoms with Crippen molar-refractivity contribution in [1.29, 1.82) is 0 Å². The number of hydrogen-bond donors (Lipinski definition) is 0. The third-order valence-corrected chi connectivity index (χ3v) is 8.17. The van der Waals surface area contributed by atoms with Crippen molar-refractivity contribution in [3.63, 3.8) is 0 Å². The van der Waals surface area contributed by atoms with Crippen LogP contribution in [0.2, 0.25) is 5.82 Å². The summed E-state index contributed by atoms with van der Waals surface area (Å²) < 4.78 is 30.0. The first-order valence-corrected chi connectivity index (χ1v) is 12.1. The summed E-state index contributed by atoms with van der Waals surface area (Å²) in [6, 6.07) is 3.60. The molecule has 0 N–H and O–H groups in total. The lowest BCUT2D eigenvalue weighted by atomic mass is 9.43. The summed E-state index contributed by atoms with van der Waals surface area (Å²) in [6.07, 6.45) is 3.06. The molecule has 182 valence electrons. The van der Waals surface area contributed by atoms with Gasteiger partial charge in [-0.1, -0.05) is 20.8 Å². The first-order valence-electron chi connectivity index (χ1n) is 12.1. The van der Waals surface area contributed by atoms with Gasteiger partial charge in [0.25, 0.3) is 0 Å². The molecule has 6 nitrogen and oxygen atoms in total. The molecule has 1 heterocycles. The molecule has 5 rings (SSSR count). The summed E-state index contributed by atoms with van der Waals surface area (Å²) in [5.41, 5.74) is 0.708. The number of esters is 1. The van der Waals surface area contributed by atoms with Gasteiger partial charge < -0.3 is 23.5 Å². The smallest absolute Gasteiger partial charge is 0.461 e. The lowest BCUT2D eigenvalue weighted by Crippen LogP contribution is -2.65. The second-order valence-electron chi connectivity index (χ2n) is 11.9. The van der Waals surface area contributed by atoms with Crippen LogP contribution in [0.15, 0.2) is 12.1 Å². The van der Waals surface area contributed by atoms with Gasteiger partial charge in [0.15, 0.2) is 0 Å². The molecule has 33 heavy (non-hydrogen) atoms. The third-order valence-electron chi connectivity index (χ3n) is 8.17. The molecule has 2 bridgehead atoms. The fraction of sp³-hybridized carbons (Fsp3) is 0.731. The highest BCUT2D eigenvalue weighted by atomic mass is 16.7. The predicted molar refractivity (Wildman–Crippen MR) is 128 cm³/mol. The molecule has 1 aromatic carbocycles. The number of carbonyl (C=O) groups is 1. The zero-order valence-electron chi connectivity index (χ0n) is 21.6. The molecule has 4 fully saturated rings. The quantitative estimate of drug-likeness (QED) is 0.425. The van der Waals surface area contributed by atoms with Crippen LogP contribution in [0.1, 0.15) is 77.2 Å². The molecule has 3 aliphatic carbocycles. The Balaban J connectivity index is 1.56. The highest BCUT2D eigenvalue weighted by molar-refractivity contribution is 6.47. The molecule has 1 saturated heterocycles. The zero-order valence-corrected chi connectivity index (χ0v) is 21.6. The normalized spacial score (nSPS) is 30.8. The van der Waals surface area contributed by atoms with Gasteiger partial charge in [0.1, 0.15) is 22.7 Å². The standard InChI is InChI=1S/C26H39BO6/c1-15(27-32-21-13-17-12-20(25(17,5)6)26(21,7)33-27)10-16-11-18(29-8)14-19(22(16)30-9)23(28)31-24(2,3)4/h11,14-15,17,20-21H,10,12-13H2,1-9H3/t15-,17?,20+,21?,26+/m1/s1. The summed E-state index contributed by atoms with van der Waals surface area (Å²) in [7, 11) is 2.88. The molecule has 2 unspecified atom stereocenters. The number of benzene rings is 1. The number of carbonyl (C=O) groups excluding carboxylic acids is 1. The Morgan fingerprint density at radius 3 is 2.45 bits per heavy atom. The van der Waals surface area contributed by atoms with Gasteiger partial charge >= 0.3 is 13.1 Å². The average Bonchev–Trinajstić information content (AvgIpc) is 3.09. The Bertz CT molecular complexity index is 922. The van der Waals surface area contributed by atoms with E-state index in [1.807, 2.05) is 26.8 Å². The maximum Gasteiger partial charge on any atom is 0.461 e. The monoisotopic (exact) mass is 458 g/mol. The van der Waals surface area contributed by atoms with Gasteiger partial charge in [0.2, 0.25) is 0 Å². The minimum absolute atomic E-state index is 0.0697. The van der Waals surface area contributed by atoms with Crippen LogP contribution in [0.25, 0.3) is 0 Å². The minimum Gasteiger partial charge on any atom is -0.497 e. The second-order valence-corrected chi connectivity index (χ2v) is 11.9. The predicted octanol–water partition coefficient (Wildman–Crippen LogP) is 5.32. The van der Waals surface area contributed by atoms with Crippen LogP contribution in [0.4, 0.5) is 0 Å². The molecule has 0 amide bonds. The molecule has 7 heteroatoms. The lowest BCUT2D eigenvalue weighted by molar-refractivity contribution is -0.199. The Hall–Kier alpha value is -1.73. The molecule has 1 aromatic rings. The van der Waals surface area contributed by atoms with Crippen LogP contribution in [0, 0.1) is 17.3 Å². The highest BCUT2D eigenvalue weighted by Crippen LogP contribution is 2.66. The number of rotatable bonds is 6. The van der Waals surface area contributed by atoms with Crippen LogP contribution >= 0.6 is 0 Å². The zero-order chi connectivity index (χ0) is 24.3. The van der Waals surface area contributed by atoms with Gasteiger partial charge in [0.05, 0.1) is 25.9 Å². The third kappa shape index (κ3) is 4.16. The van der Waals surface area contributed by atoms with Crippen molar-refractivity contribution in [2.75, 3.05) is 14.2 Å². The van der Waals surface area contributed by atoms with E-state index in [0.29, 0.717) is 40.7 Å². The van der Waals surface area contributed by atoms with Gasteiger partial charge in [-0.15, -0.1) is 0 Å². The molecule has 0 aromatic heterocycles. The Morgan fingerprint density at radius 1 is 1.18 bits per heavy atom. The van der Waals surface area contributed by atoms with E-state index in [1.165, 1.54) is 6.42 Å². The first kappa shape index (κ1) is 24.4. The fourth-order valence-corrected chi connectivity index (χ4v) is 6.24. The van der Waals surface area contributed by atoms with Crippen molar-refractivity contribution in [2.24, 2.45) is 17.3 Å². The molecule has 4 aliphatic rings. The van der Waals surface area contributed by atoms with Gasteiger partial charge in [-0.25, -0.2) is 4.79 Å². The van der Waals surface area contributed by atoms with Gasteiger partial charge in [0, 0.05) is 0 Å². The molecular formula is C26H39BO6. The molecule has 3 saturated carbocycles. The molecular weight excluding hydrogens is 419 g/mol. The van der Waals surface area contributed by atoms with E-state index in [2.05, 4.69) is 27.7 Å². The van der Waals surface area contributed by atoms with Gasteiger partial charge in [-0.05, 0) is 87.7 Å². The Labute approximate surface area is 198 Å². The first-order chi connectivity index (χ1) is 15.3. The maximum absolute atomic E-state index is 12.9. The van der Waals surface area contributed by atoms with Crippen molar-refractivity contribution in [2.45, 2.75) is 90.9 Å². The fourth-order valence-electron chi connectivity index (χ4n) is 6.24. The summed E-state index contributed by atoms with van der Waals surface area (Å²) in [5.74, 6) is 1.99. The van der Waals surface area contributed by atoms with E-state index < -0.39 is 11.6 Å². The topological polar surface area (TPSA) is 63.2 Å². The van der Waals surface area contributed by atoms with E-state index in [1.54, 1.807) is 20.3 Å². The van der Waals surface area contributed by atoms with Crippen molar-refractivity contribution in [3.05, 3.63) is 23.3 Å². The van der Waals surface area contributed by atoms with E-state index in [9.17, 15) is 4.79 Å². The lowest BCUT2D eigenvalue weighted by Gasteiger charge is -2.64. The van der Waals surface area contributed by atoms with E-state index >= 15 is 0 Å². The van der Waals surface area contributed by atoms with Crippen molar-refractivity contribution < 1.29 is 28.3 Å². The molecule has 1 aliphatic heterocycles. The minimum atomic E-state index is -0.607. The van der Waals surface area contributed by atoms with Crippen LogP contribution in [0.3, 0.4) is 0 Å². The summed E-state index contributed by atoms with van der Waals surface area (Å²) >= 11 is 0. The molecule has 5 atom stereocenters. The van der Waals surface area contributed by atoms with Crippen LogP contribution in [0.5, 0.6) is 11.5 Å². The maximum atomic E-state index is 12.9. The van der Waals surface area contributed by atoms with Crippen molar-refractivity contribution in [1.82, 2.24) is 0 Å². The number of ether oxygens (including phenoxy) is 3. The van der Waals surface area contributed by atoms with Gasteiger partial charge in [-0.3, -0.25) is 0 Å². The van der Waals surface area contributed by atoms with Crippen molar-refractivity contribution >= 4 is 13.1 Å². The van der Waals surface area contributed by atoms with Crippen LogP contribution in [-0.4, -0.2) is 44.6 Å². The molecule has 0 spiro atoms. The summed E-state index contributed by atoms with van der Waals surface area (Å²) in [6.45, 7) is 14.6. The van der Waals surface area contributed by atoms with Crippen LogP contribution < -0.4 is 9.47 Å². The number of hydrogen-bond acceptors (Lipinski definition) is 6.